The first-order chi connectivity index (χ1) is 11.3. The summed E-state index contributed by atoms with van der Waals surface area (Å²) in [5.74, 6) is -2.44. The van der Waals surface area contributed by atoms with Crippen LogP contribution in [-0.4, -0.2) is 81.0 Å². The Morgan fingerprint density at radius 2 is 1.71 bits per heavy atom. The lowest BCUT2D eigenvalue weighted by Gasteiger charge is -2.39. The molecule has 0 spiro atoms. The highest BCUT2D eigenvalue weighted by molar-refractivity contribution is 5.95. The van der Waals surface area contributed by atoms with Crippen molar-refractivity contribution < 1.29 is 49.6 Å². The summed E-state index contributed by atoms with van der Waals surface area (Å²) in [4.78, 5) is 12.1. The summed E-state index contributed by atoms with van der Waals surface area (Å²) in [6, 6.07) is 2.12. The van der Waals surface area contributed by atoms with Gasteiger partial charge in [0.2, 0.25) is 6.29 Å². The van der Waals surface area contributed by atoms with Crippen LogP contribution in [0.2, 0.25) is 0 Å². The Bertz CT molecular complexity index is 578. The number of carbonyl (C=O) groups excluding carboxylic acids is 1. The van der Waals surface area contributed by atoms with Gasteiger partial charge in [-0.15, -0.1) is 0 Å². The van der Waals surface area contributed by atoms with E-state index in [0.717, 1.165) is 12.1 Å². The summed E-state index contributed by atoms with van der Waals surface area (Å²) in [7, 11) is 1.29. The van der Waals surface area contributed by atoms with Crippen molar-refractivity contribution in [3.05, 3.63) is 17.7 Å². The highest BCUT2D eigenvalue weighted by atomic mass is 16.7. The van der Waals surface area contributed by atoms with Gasteiger partial charge in [-0.3, -0.25) is 0 Å². The van der Waals surface area contributed by atoms with Gasteiger partial charge in [-0.2, -0.15) is 0 Å². The lowest BCUT2D eigenvalue weighted by Crippen LogP contribution is -2.59. The summed E-state index contributed by atoms with van der Waals surface area (Å²) in [5, 5.41) is 57.7. The molecule has 0 radical (unpaired) electrons. The van der Waals surface area contributed by atoms with Crippen molar-refractivity contribution in [3.8, 4) is 17.2 Å². The molecule has 24 heavy (non-hydrogen) atoms. The van der Waals surface area contributed by atoms with E-state index >= 15 is 0 Å². The minimum atomic E-state index is -1.80. The number of benzene rings is 1. The molecule has 134 valence electrons. The third-order valence-electron chi connectivity index (χ3n) is 3.58. The van der Waals surface area contributed by atoms with Gasteiger partial charge in [0.1, 0.15) is 47.2 Å². The molecule has 1 aliphatic rings. The SMILES string of the molecule is COc1cc(O)c(C(=O)O[C@@H]2O[C@H](CO)[C@@H](O)[C@H](O)[C@H]2O)c(O)c1. The molecule has 0 aliphatic carbocycles. The van der Waals surface area contributed by atoms with E-state index in [2.05, 4.69) is 0 Å². The number of hydrogen-bond acceptors (Lipinski definition) is 10. The zero-order chi connectivity index (χ0) is 18.0. The molecule has 0 saturated carbocycles. The predicted octanol–water partition coefficient (Wildman–Crippen LogP) is -1.94. The summed E-state index contributed by atoms with van der Waals surface area (Å²) in [5.41, 5.74) is -0.604. The number of rotatable bonds is 4. The summed E-state index contributed by atoms with van der Waals surface area (Å²) >= 11 is 0. The van der Waals surface area contributed by atoms with Crippen molar-refractivity contribution in [2.45, 2.75) is 30.7 Å². The van der Waals surface area contributed by atoms with Gasteiger partial charge in [0.05, 0.1) is 13.7 Å². The molecule has 10 nitrogen and oxygen atoms in total. The fourth-order valence-corrected chi connectivity index (χ4v) is 2.24. The Morgan fingerprint density at radius 1 is 1.12 bits per heavy atom. The number of phenols is 2. The monoisotopic (exact) mass is 346 g/mol. The molecule has 1 aromatic rings. The number of hydrogen-bond donors (Lipinski definition) is 6. The van der Waals surface area contributed by atoms with Gasteiger partial charge in [0.25, 0.3) is 0 Å². The molecule has 0 amide bonds. The first-order valence-corrected chi connectivity index (χ1v) is 6.91. The quantitative estimate of drug-likeness (QED) is 0.338. The molecule has 1 saturated heterocycles. The van der Waals surface area contributed by atoms with E-state index in [-0.39, 0.29) is 5.75 Å². The number of phenolic OH excluding ortho intramolecular Hbond substituents is 2. The molecular weight excluding hydrogens is 328 g/mol. The molecule has 10 heteroatoms. The second-order valence-corrected chi connectivity index (χ2v) is 5.14. The van der Waals surface area contributed by atoms with Crippen LogP contribution >= 0.6 is 0 Å². The number of aromatic hydroxyl groups is 2. The lowest BCUT2D eigenvalue weighted by molar-refractivity contribution is -0.285. The van der Waals surface area contributed by atoms with Gasteiger partial charge in [0, 0.05) is 12.1 Å². The van der Waals surface area contributed by atoms with E-state index in [1.54, 1.807) is 0 Å². The second kappa shape index (κ2) is 7.20. The van der Waals surface area contributed by atoms with Crippen LogP contribution in [0.3, 0.4) is 0 Å². The van der Waals surface area contributed by atoms with E-state index in [1.807, 2.05) is 0 Å². The van der Waals surface area contributed by atoms with Crippen LogP contribution in [0, 0.1) is 0 Å². The second-order valence-electron chi connectivity index (χ2n) is 5.14. The largest absolute Gasteiger partial charge is 0.507 e. The zero-order valence-electron chi connectivity index (χ0n) is 12.6. The minimum absolute atomic E-state index is 0.0920. The van der Waals surface area contributed by atoms with Crippen molar-refractivity contribution in [2.24, 2.45) is 0 Å². The number of ether oxygens (including phenoxy) is 3. The molecule has 1 aromatic carbocycles. The van der Waals surface area contributed by atoms with Crippen LogP contribution in [0.4, 0.5) is 0 Å². The molecule has 2 rings (SSSR count). The van der Waals surface area contributed by atoms with Crippen molar-refractivity contribution in [1.82, 2.24) is 0 Å². The van der Waals surface area contributed by atoms with Crippen LogP contribution in [0.15, 0.2) is 12.1 Å². The van der Waals surface area contributed by atoms with E-state index in [4.69, 9.17) is 19.3 Å². The van der Waals surface area contributed by atoms with Crippen LogP contribution in [0.5, 0.6) is 17.2 Å². The van der Waals surface area contributed by atoms with E-state index in [9.17, 15) is 30.3 Å². The molecule has 1 aliphatic heterocycles. The fraction of sp³-hybridized carbons (Fsp3) is 0.500. The Balaban J connectivity index is 2.20. The topological polar surface area (TPSA) is 166 Å². The summed E-state index contributed by atoms with van der Waals surface area (Å²) in [6.07, 6.45) is -8.13. The number of esters is 1. The van der Waals surface area contributed by atoms with Gasteiger partial charge < -0.3 is 44.8 Å². The third-order valence-corrected chi connectivity index (χ3v) is 3.58. The Hall–Kier alpha value is -2.11. The fourth-order valence-electron chi connectivity index (χ4n) is 2.24. The predicted molar refractivity (Wildman–Crippen MR) is 75.5 cm³/mol. The Morgan fingerprint density at radius 3 is 2.21 bits per heavy atom. The smallest absolute Gasteiger partial charge is 0.348 e. The first kappa shape index (κ1) is 18.2. The Kier molecular flexibility index (Phi) is 5.47. The standard InChI is InChI=1S/C14H18O10/c1-22-5-2-6(16)9(7(17)3-5)13(21)24-14-12(20)11(19)10(18)8(4-15)23-14/h2-3,8,10-12,14-20H,4H2,1H3/t8-,10-,11+,12-,14+/m1/s1. The average molecular weight is 346 g/mol. The van der Waals surface area contributed by atoms with E-state index in [1.165, 1.54) is 7.11 Å². The highest BCUT2D eigenvalue weighted by Gasteiger charge is 2.45. The molecule has 1 fully saturated rings. The molecule has 6 N–H and O–H groups in total. The maximum atomic E-state index is 12.1. The molecule has 1 heterocycles. The number of aliphatic hydroxyl groups is 4. The van der Waals surface area contributed by atoms with Crippen LogP contribution < -0.4 is 4.74 Å². The van der Waals surface area contributed by atoms with Gasteiger partial charge in [0.15, 0.2) is 0 Å². The van der Waals surface area contributed by atoms with Crippen LogP contribution in [0.1, 0.15) is 10.4 Å². The van der Waals surface area contributed by atoms with Gasteiger partial charge in [-0.05, 0) is 0 Å². The number of aliphatic hydroxyl groups excluding tert-OH is 4. The van der Waals surface area contributed by atoms with Crippen LogP contribution in [0.25, 0.3) is 0 Å². The van der Waals surface area contributed by atoms with E-state index in [0.29, 0.717) is 0 Å². The number of methoxy groups -OCH3 is 1. The summed E-state index contributed by atoms with van der Waals surface area (Å²) in [6.45, 7) is -0.696. The highest BCUT2D eigenvalue weighted by Crippen LogP contribution is 2.34. The van der Waals surface area contributed by atoms with Crippen molar-refractivity contribution in [1.29, 1.82) is 0 Å². The number of carbonyl (C=O) groups is 1. The zero-order valence-corrected chi connectivity index (χ0v) is 12.6. The molecule has 0 unspecified atom stereocenters. The molecule has 0 aromatic heterocycles. The normalized spacial score (nSPS) is 30.0. The minimum Gasteiger partial charge on any atom is -0.507 e. The Labute approximate surface area is 136 Å². The molecule has 0 bridgehead atoms. The molecular formula is C14H18O10. The van der Waals surface area contributed by atoms with Crippen molar-refractivity contribution in [3.63, 3.8) is 0 Å². The maximum absolute atomic E-state index is 12.1. The first-order valence-electron chi connectivity index (χ1n) is 6.91. The summed E-state index contributed by atoms with van der Waals surface area (Å²) < 4.78 is 14.6. The maximum Gasteiger partial charge on any atom is 0.348 e. The third kappa shape index (κ3) is 3.37. The lowest BCUT2D eigenvalue weighted by atomic mass is 9.99. The van der Waals surface area contributed by atoms with Crippen LogP contribution in [-0.2, 0) is 9.47 Å². The van der Waals surface area contributed by atoms with Crippen molar-refractivity contribution >= 4 is 5.97 Å². The van der Waals surface area contributed by atoms with Crippen molar-refractivity contribution in [2.75, 3.05) is 13.7 Å². The van der Waals surface area contributed by atoms with E-state index < -0.39 is 60.3 Å². The van der Waals surface area contributed by atoms with Gasteiger partial charge >= 0.3 is 5.97 Å². The molecule has 5 atom stereocenters. The van der Waals surface area contributed by atoms with Gasteiger partial charge in [-0.1, -0.05) is 0 Å². The average Bonchev–Trinajstić information content (AvgIpc) is 2.54. The van der Waals surface area contributed by atoms with Gasteiger partial charge in [-0.25, -0.2) is 4.79 Å².